The van der Waals surface area contributed by atoms with Crippen LogP contribution in [0.15, 0.2) is 77.7 Å². The Balaban J connectivity index is 1.13. The standard InChI is InChI=1S/C28H28ClN5O/c29-21-12-10-20(11-13-21)27-25(33-17-4-3-9-26(33)31-27)8-5-16-32-18-14-22(15-19-32)34-24-7-2-1-6-23(24)30-28(34)35/h1-4,6-7,9-13,17,22H,5,8,14-16,18-19H2,(H,30,35). The molecule has 3 aromatic heterocycles. The Morgan fingerprint density at radius 1 is 0.971 bits per heavy atom. The van der Waals surface area contributed by atoms with Crippen molar-refractivity contribution in [2.45, 2.75) is 31.7 Å². The maximum atomic E-state index is 12.6. The Kier molecular flexibility index (Phi) is 5.92. The van der Waals surface area contributed by atoms with Gasteiger partial charge in [0, 0.05) is 35.9 Å². The van der Waals surface area contributed by atoms with Crippen molar-refractivity contribution < 1.29 is 0 Å². The average Bonchev–Trinajstić information content (AvgIpc) is 3.42. The number of benzene rings is 2. The SMILES string of the molecule is O=c1[nH]c2ccccc2n1C1CCN(CCCc2c(-c3ccc(Cl)cc3)nc3ccccn23)CC1. The number of halogens is 1. The molecule has 35 heavy (non-hydrogen) atoms. The predicted molar refractivity (Wildman–Crippen MR) is 141 cm³/mol. The monoisotopic (exact) mass is 485 g/mol. The maximum absolute atomic E-state index is 12.6. The quantitative estimate of drug-likeness (QED) is 0.342. The summed E-state index contributed by atoms with van der Waals surface area (Å²) in [6, 6.07) is 22.3. The van der Waals surface area contributed by atoms with Crippen LogP contribution in [0.5, 0.6) is 0 Å². The molecule has 1 N–H and O–H groups in total. The van der Waals surface area contributed by atoms with Crippen molar-refractivity contribution >= 4 is 28.3 Å². The number of imidazole rings is 2. The number of H-pyrrole nitrogens is 1. The molecule has 1 saturated heterocycles. The zero-order valence-electron chi connectivity index (χ0n) is 19.5. The second-order valence-corrected chi connectivity index (χ2v) is 9.77. The number of aromatic nitrogens is 4. The van der Waals surface area contributed by atoms with E-state index in [2.05, 4.69) is 32.6 Å². The minimum absolute atomic E-state index is 0.00647. The van der Waals surface area contributed by atoms with E-state index in [1.807, 2.05) is 59.2 Å². The summed E-state index contributed by atoms with van der Waals surface area (Å²) in [6.07, 6.45) is 6.09. The minimum Gasteiger partial charge on any atom is -0.306 e. The number of pyridine rings is 1. The molecule has 6 nitrogen and oxygen atoms in total. The molecule has 1 aliphatic heterocycles. The molecule has 0 saturated carbocycles. The molecule has 0 spiro atoms. The molecule has 2 aromatic carbocycles. The zero-order chi connectivity index (χ0) is 23.8. The summed E-state index contributed by atoms with van der Waals surface area (Å²) in [5, 5.41) is 0.734. The van der Waals surface area contributed by atoms with Crippen LogP contribution in [0.25, 0.3) is 27.9 Å². The molecular formula is C28H28ClN5O. The molecule has 0 unspecified atom stereocenters. The van der Waals surface area contributed by atoms with Crippen LogP contribution in [-0.4, -0.2) is 43.5 Å². The summed E-state index contributed by atoms with van der Waals surface area (Å²) in [5.41, 5.74) is 6.28. The number of aromatic amines is 1. The van der Waals surface area contributed by atoms with Crippen LogP contribution in [0, 0.1) is 0 Å². The number of nitrogens with one attached hydrogen (secondary N) is 1. The number of nitrogens with zero attached hydrogens (tertiary/aromatic N) is 4. The third kappa shape index (κ3) is 4.28. The van der Waals surface area contributed by atoms with Crippen molar-refractivity contribution in [3.8, 4) is 11.3 Å². The van der Waals surface area contributed by atoms with Crippen molar-refractivity contribution in [1.29, 1.82) is 0 Å². The number of likely N-dealkylation sites (tertiary alicyclic amines) is 1. The first kappa shape index (κ1) is 22.1. The highest BCUT2D eigenvalue weighted by Gasteiger charge is 2.23. The Morgan fingerprint density at radius 2 is 1.74 bits per heavy atom. The lowest BCUT2D eigenvalue weighted by molar-refractivity contribution is 0.185. The smallest absolute Gasteiger partial charge is 0.306 e. The van der Waals surface area contributed by atoms with E-state index in [1.54, 1.807) is 0 Å². The van der Waals surface area contributed by atoms with Crippen LogP contribution in [0.3, 0.4) is 0 Å². The Bertz CT molecular complexity index is 1520. The molecule has 0 radical (unpaired) electrons. The molecule has 0 atom stereocenters. The van der Waals surface area contributed by atoms with Crippen LogP contribution in [0.1, 0.15) is 31.0 Å². The van der Waals surface area contributed by atoms with Gasteiger partial charge in [0.05, 0.1) is 22.4 Å². The summed E-state index contributed by atoms with van der Waals surface area (Å²) in [6.45, 7) is 3.05. The van der Waals surface area contributed by atoms with E-state index in [1.165, 1.54) is 5.69 Å². The van der Waals surface area contributed by atoms with Crippen LogP contribution >= 0.6 is 11.6 Å². The van der Waals surface area contributed by atoms with Gasteiger partial charge >= 0.3 is 5.69 Å². The van der Waals surface area contributed by atoms with Crippen molar-refractivity contribution in [2.24, 2.45) is 0 Å². The summed E-state index contributed by atoms with van der Waals surface area (Å²) < 4.78 is 4.17. The van der Waals surface area contributed by atoms with Gasteiger partial charge in [0.15, 0.2) is 0 Å². The number of para-hydroxylation sites is 2. The molecule has 1 aliphatic rings. The highest BCUT2D eigenvalue weighted by Crippen LogP contribution is 2.28. The summed E-state index contributed by atoms with van der Waals surface area (Å²) in [4.78, 5) is 23.0. The predicted octanol–water partition coefficient (Wildman–Crippen LogP) is 5.57. The van der Waals surface area contributed by atoms with Gasteiger partial charge < -0.3 is 14.3 Å². The third-order valence-corrected chi connectivity index (χ3v) is 7.43. The Hall–Kier alpha value is -3.35. The number of fused-ring (bicyclic) bond motifs is 2. The Labute approximate surface area is 208 Å². The topological polar surface area (TPSA) is 58.3 Å². The van der Waals surface area contributed by atoms with Crippen molar-refractivity contribution in [2.75, 3.05) is 19.6 Å². The van der Waals surface area contributed by atoms with Gasteiger partial charge in [-0.3, -0.25) is 4.57 Å². The molecule has 0 aliphatic carbocycles. The summed E-state index contributed by atoms with van der Waals surface area (Å²) in [5.74, 6) is 0. The molecule has 6 rings (SSSR count). The number of aryl methyl sites for hydroxylation is 1. The number of piperidine rings is 1. The van der Waals surface area contributed by atoms with E-state index >= 15 is 0 Å². The lowest BCUT2D eigenvalue weighted by Gasteiger charge is -2.32. The second kappa shape index (κ2) is 9.36. The second-order valence-electron chi connectivity index (χ2n) is 9.34. The van der Waals surface area contributed by atoms with Crippen LogP contribution in [0.4, 0.5) is 0 Å². The lowest BCUT2D eigenvalue weighted by Crippen LogP contribution is -2.37. The fourth-order valence-corrected chi connectivity index (χ4v) is 5.56. The summed E-state index contributed by atoms with van der Waals surface area (Å²) >= 11 is 6.12. The molecule has 4 heterocycles. The minimum atomic E-state index is 0.00647. The lowest BCUT2D eigenvalue weighted by atomic mass is 10.0. The molecule has 1 fully saturated rings. The first-order chi connectivity index (χ1) is 17.2. The van der Waals surface area contributed by atoms with Crippen LogP contribution in [-0.2, 0) is 6.42 Å². The molecule has 178 valence electrons. The first-order valence-corrected chi connectivity index (χ1v) is 12.7. The van der Waals surface area contributed by atoms with Crippen LogP contribution in [0.2, 0.25) is 5.02 Å². The van der Waals surface area contributed by atoms with E-state index in [4.69, 9.17) is 16.6 Å². The zero-order valence-corrected chi connectivity index (χ0v) is 20.3. The molecular weight excluding hydrogens is 458 g/mol. The van der Waals surface area contributed by atoms with Gasteiger partial charge in [-0.1, -0.05) is 41.9 Å². The number of hydrogen-bond donors (Lipinski definition) is 1. The van der Waals surface area contributed by atoms with Gasteiger partial charge in [-0.15, -0.1) is 0 Å². The highest BCUT2D eigenvalue weighted by molar-refractivity contribution is 6.30. The van der Waals surface area contributed by atoms with Gasteiger partial charge in [-0.2, -0.15) is 0 Å². The van der Waals surface area contributed by atoms with Gasteiger partial charge in [0.1, 0.15) is 5.65 Å². The fourth-order valence-electron chi connectivity index (χ4n) is 5.43. The van der Waals surface area contributed by atoms with Gasteiger partial charge in [0.2, 0.25) is 0 Å². The first-order valence-electron chi connectivity index (χ1n) is 12.3. The molecule has 5 aromatic rings. The highest BCUT2D eigenvalue weighted by atomic mass is 35.5. The number of rotatable bonds is 6. The van der Waals surface area contributed by atoms with Crippen molar-refractivity contribution in [3.63, 3.8) is 0 Å². The maximum Gasteiger partial charge on any atom is 0.326 e. The van der Waals surface area contributed by atoms with Gasteiger partial charge in [0.25, 0.3) is 0 Å². The van der Waals surface area contributed by atoms with Crippen molar-refractivity contribution in [1.82, 2.24) is 23.8 Å². The van der Waals surface area contributed by atoms with E-state index < -0.39 is 0 Å². The van der Waals surface area contributed by atoms with E-state index in [0.29, 0.717) is 0 Å². The van der Waals surface area contributed by atoms with Gasteiger partial charge in [-0.25, -0.2) is 9.78 Å². The van der Waals surface area contributed by atoms with E-state index in [0.717, 1.165) is 78.3 Å². The summed E-state index contributed by atoms with van der Waals surface area (Å²) in [7, 11) is 0. The van der Waals surface area contributed by atoms with Gasteiger partial charge in [-0.05, 0) is 68.6 Å². The Morgan fingerprint density at radius 3 is 2.57 bits per heavy atom. The normalized spacial score (nSPS) is 15.3. The van der Waals surface area contributed by atoms with E-state index in [-0.39, 0.29) is 11.7 Å². The average molecular weight is 486 g/mol. The van der Waals surface area contributed by atoms with Crippen LogP contribution < -0.4 is 5.69 Å². The third-order valence-electron chi connectivity index (χ3n) is 7.18. The fraction of sp³-hybridized carbons (Fsp3) is 0.286. The molecule has 0 amide bonds. The largest absolute Gasteiger partial charge is 0.326 e. The van der Waals surface area contributed by atoms with E-state index in [9.17, 15) is 4.79 Å². The molecule has 0 bridgehead atoms. The molecule has 7 heteroatoms. The van der Waals surface area contributed by atoms with Crippen molar-refractivity contribution in [3.05, 3.63) is 94.1 Å². The number of hydrogen-bond acceptors (Lipinski definition) is 3.